The van der Waals surface area contributed by atoms with Gasteiger partial charge in [0.25, 0.3) is 0 Å². The Morgan fingerprint density at radius 2 is 2.21 bits per heavy atom. The molecule has 0 aromatic carbocycles. The summed E-state index contributed by atoms with van der Waals surface area (Å²) in [5.74, 6) is 0. The fourth-order valence-electron chi connectivity index (χ4n) is 1.59. The lowest BCUT2D eigenvalue weighted by molar-refractivity contribution is 0.738. The molecule has 0 unspecified atom stereocenters. The molecular formula is C9H9BrN4. The van der Waals surface area contributed by atoms with Crippen LogP contribution in [0.15, 0.2) is 23.1 Å². The molecule has 0 bridgehead atoms. The molecule has 2 aromatic heterocycles. The van der Waals surface area contributed by atoms with Crippen molar-refractivity contribution >= 4 is 21.6 Å². The van der Waals surface area contributed by atoms with Gasteiger partial charge in [0.15, 0.2) is 5.65 Å². The second-order valence-corrected chi connectivity index (χ2v) is 4.48. The first-order chi connectivity index (χ1) is 6.69. The monoisotopic (exact) mass is 252 g/mol. The standard InChI is InChI=1S/C9H9BrN4/c10-8-13-12-7-5-6(1-4-14(7)8)9(11)2-3-9/h1,4-5H,2-3,11H2. The van der Waals surface area contributed by atoms with Gasteiger partial charge in [-0.2, -0.15) is 0 Å². The second-order valence-electron chi connectivity index (χ2n) is 3.77. The topological polar surface area (TPSA) is 56.2 Å². The van der Waals surface area contributed by atoms with Crippen molar-refractivity contribution in [2.24, 2.45) is 5.73 Å². The van der Waals surface area contributed by atoms with Crippen molar-refractivity contribution in [3.63, 3.8) is 0 Å². The van der Waals surface area contributed by atoms with E-state index < -0.39 is 0 Å². The number of halogens is 1. The normalized spacial score (nSPS) is 18.7. The largest absolute Gasteiger partial charge is 0.321 e. The number of hydrogen-bond donors (Lipinski definition) is 1. The number of rotatable bonds is 1. The van der Waals surface area contributed by atoms with Gasteiger partial charge in [-0.05, 0) is 46.5 Å². The fraction of sp³-hybridized carbons (Fsp3) is 0.333. The molecule has 2 heterocycles. The van der Waals surface area contributed by atoms with Crippen LogP contribution in [-0.2, 0) is 5.54 Å². The molecule has 0 amide bonds. The maximum Gasteiger partial charge on any atom is 0.204 e. The maximum absolute atomic E-state index is 6.10. The predicted octanol–water partition coefficient (Wildman–Crippen LogP) is 1.44. The molecule has 4 nitrogen and oxygen atoms in total. The van der Waals surface area contributed by atoms with E-state index in [9.17, 15) is 0 Å². The molecule has 0 atom stereocenters. The molecule has 2 aromatic rings. The van der Waals surface area contributed by atoms with E-state index in [1.54, 1.807) is 0 Å². The minimum atomic E-state index is -0.0970. The van der Waals surface area contributed by atoms with Gasteiger partial charge in [-0.15, -0.1) is 10.2 Å². The van der Waals surface area contributed by atoms with Crippen LogP contribution < -0.4 is 5.73 Å². The first kappa shape index (κ1) is 8.38. The van der Waals surface area contributed by atoms with Crippen molar-refractivity contribution < 1.29 is 0 Å². The summed E-state index contributed by atoms with van der Waals surface area (Å²) in [5.41, 5.74) is 8.00. The molecule has 0 spiro atoms. The molecule has 1 aliphatic carbocycles. The zero-order valence-electron chi connectivity index (χ0n) is 7.44. The molecule has 0 saturated heterocycles. The van der Waals surface area contributed by atoms with Gasteiger partial charge in [-0.1, -0.05) is 0 Å². The Hall–Kier alpha value is -0.940. The van der Waals surface area contributed by atoms with E-state index in [1.165, 1.54) is 0 Å². The molecule has 14 heavy (non-hydrogen) atoms. The Morgan fingerprint density at radius 1 is 1.43 bits per heavy atom. The van der Waals surface area contributed by atoms with Gasteiger partial charge in [-0.3, -0.25) is 4.40 Å². The molecule has 0 aliphatic heterocycles. The lowest BCUT2D eigenvalue weighted by atomic mass is 10.1. The van der Waals surface area contributed by atoms with Gasteiger partial charge in [0.1, 0.15) is 0 Å². The average molecular weight is 253 g/mol. The predicted molar refractivity (Wildman–Crippen MR) is 55.8 cm³/mol. The van der Waals surface area contributed by atoms with Gasteiger partial charge in [0, 0.05) is 11.7 Å². The third-order valence-corrected chi connectivity index (χ3v) is 3.27. The highest BCUT2D eigenvalue weighted by Crippen LogP contribution is 2.42. The smallest absolute Gasteiger partial charge is 0.204 e. The summed E-state index contributed by atoms with van der Waals surface area (Å²) in [6, 6.07) is 4.04. The van der Waals surface area contributed by atoms with Gasteiger partial charge < -0.3 is 5.73 Å². The van der Waals surface area contributed by atoms with E-state index in [1.807, 2.05) is 22.7 Å². The first-order valence-electron chi connectivity index (χ1n) is 4.49. The van der Waals surface area contributed by atoms with E-state index >= 15 is 0 Å². The number of nitrogens with two attached hydrogens (primary N) is 1. The van der Waals surface area contributed by atoms with Crippen LogP contribution in [0.5, 0.6) is 0 Å². The quantitative estimate of drug-likeness (QED) is 0.836. The van der Waals surface area contributed by atoms with Crippen molar-refractivity contribution in [2.75, 3.05) is 0 Å². The third-order valence-electron chi connectivity index (χ3n) is 2.73. The van der Waals surface area contributed by atoms with Crippen LogP contribution in [0.1, 0.15) is 18.4 Å². The molecule has 72 valence electrons. The highest BCUT2D eigenvalue weighted by Gasteiger charge is 2.40. The van der Waals surface area contributed by atoms with Crippen LogP contribution in [0.4, 0.5) is 0 Å². The third kappa shape index (κ3) is 1.09. The van der Waals surface area contributed by atoms with Gasteiger partial charge >= 0.3 is 0 Å². The van der Waals surface area contributed by atoms with Crippen LogP contribution in [0.25, 0.3) is 5.65 Å². The number of nitrogens with zero attached hydrogens (tertiary/aromatic N) is 3. The summed E-state index contributed by atoms with van der Waals surface area (Å²) in [5, 5.41) is 7.96. The highest BCUT2D eigenvalue weighted by molar-refractivity contribution is 9.10. The Morgan fingerprint density at radius 3 is 2.93 bits per heavy atom. The Kier molecular flexibility index (Phi) is 1.52. The van der Waals surface area contributed by atoms with Crippen molar-refractivity contribution in [1.29, 1.82) is 0 Å². The number of fused-ring (bicyclic) bond motifs is 1. The summed E-state index contributed by atoms with van der Waals surface area (Å²) >= 11 is 3.32. The van der Waals surface area contributed by atoms with Crippen molar-refractivity contribution in [3.05, 3.63) is 28.6 Å². The first-order valence-corrected chi connectivity index (χ1v) is 5.28. The summed E-state index contributed by atoms with van der Waals surface area (Å²) in [6.07, 6.45) is 4.08. The summed E-state index contributed by atoms with van der Waals surface area (Å²) in [4.78, 5) is 0. The van der Waals surface area contributed by atoms with Gasteiger partial charge in [0.05, 0.1) is 0 Å². The van der Waals surface area contributed by atoms with Gasteiger partial charge in [-0.25, -0.2) is 0 Å². The zero-order chi connectivity index (χ0) is 9.76. The summed E-state index contributed by atoms with van der Waals surface area (Å²) in [7, 11) is 0. The van der Waals surface area contributed by atoms with E-state index in [0.29, 0.717) is 0 Å². The van der Waals surface area contributed by atoms with Crippen molar-refractivity contribution in [3.8, 4) is 0 Å². The van der Waals surface area contributed by atoms with Crippen LogP contribution in [0, 0.1) is 0 Å². The van der Waals surface area contributed by atoms with Gasteiger partial charge in [0.2, 0.25) is 4.73 Å². The molecule has 1 fully saturated rings. The van der Waals surface area contributed by atoms with E-state index in [-0.39, 0.29) is 5.54 Å². The summed E-state index contributed by atoms with van der Waals surface area (Å²) < 4.78 is 2.61. The molecular weight excluding hydrogens is 244 g/mol. The number of hydrogen-bond acceptors (Lipinski definition) is 3. The SMILES string of the molecule is NC1(c2ccn3c(Br)nnc3c2)CC1. The molecule has 1 aliphatic rings. The zero-order valence-corrected chi connectivity index (χ0v) is 9.03. The van der Waals surface area contributed by atoms with Crippen molar-refractivity contribution in [1.82, 2.24) is 14.6 Å². The lowest BCUT2D eigenvalue weighted by Gasteiger charge is -2.08. The molecule has 1 saturated carbocycles. The minimum absolute atomic E-state index is 0.0970. The minimum Gasteiger partial charge on any atom is -0.321 e. The van der Waals surface area contributed by atoms with Crippen LogP contribution in [-0.4, -0.2) is 14.6 Å². The van der Waals surface area contributed by atoms with Crippen LogP contribution in [0.2, 0.25) is 0 Å². The average Bonchev–Trinajstić information content (AvgIpc) is 2.84. The molecule has 0 radical (unpaired) electrons. The number of aromatic nitrogens is 3. The van der Waals surface area contributed by atoms with E-state index in [4.69, 9.17) is 5.73 Å². The fourth-order valence-corrected chi connectivity index (χ4v) is 1.97. The van der Waals surface area contributed by atoms with Crippen molar-refractivity contribution in [2.45, 2.75) is 18.4 Å². The van der Waals surface area contributed by atoms with E-state index in [0.717, 1.165) is 28.8 Å². The van der Waals surface area contributed by atoms with Crippen LogP contribution >= 0.6 is 15.9 Å². The molecule has 3 rings (SSSR count). The second kappa shape index (κ2) is 2.55. The Balaban J connectivity index is 2.21. The van der Waals surface area contributed by atoms with E-state index in [2.05, 4.69) is 26.1 Å². The Bertz CT molecular complexity index is 500. The lowest BCUT2D eigenvalue weighted by Crippen LogP contribution is -2.18. The van der Waals surface area contributed by atoms with Crippen LogP contribution in [0.3, 0.4) is 0 Å². The maximum atomic E-state index is 6.10. The number of pyridine rings is 1. The highest BCUT2D eigenvalue weighted by atomic mass is 79.9. The summed E-state index contributed by atoms with van der Waals surface area (Å²) in [6.45, 7) is 0. The molecule has 5 heteroatoms. The Labute approximate surface area is 89.3 Å². The molecule has 2 N–H and O–H groups in total.